The van der Waals surface area contributed by atoms with Crippen LogP contribution in [0.15, 0.2) is 12.7 Å². The van der Waals surface area contributed by atoms with Gasteiger partial charge in [0.05, 0.1) is 6.61 Å². The van der Waals surface area contributed by atoms with E-state index in [1.807, 2.05) is 13.8 Å². The summed E-state index contributed by atoms with van der Waals surface area (Å²) >= 11 is 0. The van der Waals surface area contributed by atoms with Gasteiger partial charge in [-0.3, -0.25) is 0 Å². The summed E-state index contributed by atoms with van der Waals surface area (Å²) in [5, 5.41) is 0. The standard InChI is InChI=1S/C10H16O3/c1-4-9(11)13-8(3)10(5-2)6-7-12-10/h4,8H,1,5-7H2,2-3H3. The van der Waals surface area contributed by atoms with E-state index in [-0.39, 0.29) is 17.7 Å². The van der Waals surface area contributed by atoms with Crippen molar-refractivity contribution in [2.24, 2.45) is 0 Å². The fraction of sp³-hybridized carbons (Fsp3) is 0.700. The summed E-state index contributed by atoms with van der Waals surface area (Å²) in [5.41, 5.74) is -0.237. The molecule has 0 amide bonds. The molecule has 0 aromatic rings. The van der Waals surface area contributed by atoms with E-state index < -0.39 is 0 Å². The fourth-order valence-corrected chi connectivity index (χ4v) is 1.58. The lowest BCUT2D eigenvalue weighted by molar-refractivity contribution is -0.213. The van der Waals surface area contributed by atoms with Gasteiger partial charge in [0.1, 0.15) is 11.7 Å². The van der Waals surface area contributed by atoms with Gasteiger partial charge >= 0.3 is 5.97 Å². The largest absolute Gasteiger partial charge is 0.456 e. The topological polar surface area (TPSA) is 35.5 Å². The molecule has 0 spiro atoms. The maximum Gasteiger partial charge on any atom is 0.330 e. The van der Waals surface area contributed by atoms with Crippen molar-refractivity contribution in [3.05, 3.63) is 12.7 Å². The first kappa shape index (κ1) is 10.3. The van der Waals surface area contributed by atoms with E-state index in [2.05, 4.69) is 6.58 Å². The Hall–Kier alpha value is -0.830. The minimum Gasteiger partial charge on any atom is -0.456 e. The predicted molar refractivity (Wildman–Crippen MR) is 49.3 cm³/mol. The average Bonchev–Trinajstić information content (AvgIpc) is 2.03. The Bertz CT molecular complexity index is 201. The Labute approximate surface area is 78.7 Å². The number of carbonyl (C=O) groups excluding carboxylic acids is 1. The minimum atomic E-state index is -0.379. The first-order chi connectivity index (χ1) is 6.14. The second kappa shape index (κ2) is 3.92. The summed E-state index contributed by atoms with van der Waals surface area (Å²) < 4.78 is 10.6. The monoisotopic (exact) mass is 184 g/mol. The van der Waals surface area contributed by atoms with Crippen molar-refractivity contribution in [2.45, 2.75) is 38.4 Å². The first-order valence-corrected chi connectivity index (χ1v) is 4.61. The van der Waals surface area contributed by atoms with Gasteiger partial charge in [-0.05, 0) is 13.3 Å². The Morgan fingerprint density at radius 2 is 2.46 bits per heavy atom. The maximum absolute atomic E-state index is 10.9. The molecule has 0 saturated carbocycles. The summed E-state index contributed by atoms with van der Waals surface area (Å²) in [6.07, 6.45) is 2.84. The van der Waals surface area contributed by atoms with Crippen LogP contribution >= 0.6 is 0 Å². The number of rotatable bonds is 4. The van der Waals surface area contributed by atoms with E-state index in [1.165, 1.54) is 6.08 Å². The van der Waals surface area contributed by atoms with Crippen molar-refractivity contribution in [2.75, 3.05) is 6.61 Å². The molecule has 0 bridgehead atoms. The Morgan fingerprint density at radius 3 is 2.77 bits per heavy atom. The second-order valence-corrected chi connectivity index (χ2v) is 3.30. The van der Waals surface area contributed by atoms with Crippen molar-refractivity contribution >= 4 is 5.97 Å². The molecule has 3 nitrogen and oxygen atoms in total. The molecule has 1 aliphatic heterocycles. The molecule has 1 rings (SSSR count). The van der Waals surface area contributed by atoms with Crippen LogP contribution in [0.2, 0.25) is 0 Å². The summed E-state index contributed by atoms with van der Waals surface area (Å²) in [6.45, 7) is 8.02. The molecule has 3 heteroatoms. The third-order valence-electron chi connectivity index (χ3n) is 2.71. The highest BCUT2D eigenvalue weighted by Gasteiger charge is 2.43. The van der Waals surface area contributed by atoms with Gasteiger partial charge < -0.3 is 9.47 Å². The number of hydrogen-bond donors (Lipinski definition) is 0. The van der Waals surface area contributed by atoms with Gasteiger partial charge in [0.25, 0.3) is 0 Å². The third kappa shape index (κ3) is 1.91. The van der Waals surface area contributed by atoms with Gasteiger partial charge in [-0.15, -0.1) is 0 Å². The van der Waals surface area contributed by atoms with E-state index in [1.54, 1.807) is 0 Å². The summed E-state index contributed by atoms with van der Waals surface area (Å²) in [7, 11) is 0. The minimum absolute atomic E-state index is 0.184. The molecular formula is C10H16O3. The normalized spacial score (nSPS) is 28.8. The van der Waals surface area contributed by atoms with Crippen molar-refractivity contribution < 1.29 is 14.3 Å². The van der Waals surface area contributed by atoms with Gasteiger partial charge in [0.2, 0.25) is 0 Å². The highest BCUT2D eigenvalue weighted by Crippen LogP contribution is 2.34. The molecule has 74 valence electrons. The zero-order chi connectivity index (χ0) is 9.90. The zero-order valence-electron chi connectivity index (χ0n) is 8.21. The molecule has 2 unspecified atom stereocenters. The summed E-state index contributed by atoms with van der Waals surface area (Å²) in [4.78, 5) is 10.9. The highest BCUT2D eigenvalue weighted by molar-refractivity contribution is 5.81. The Kier molecular flexibility index (Phi) is 3.09. The molecule has 1 saturated heterocycles. The third-order valence-corrected chi connectivity index (χ3v) is 2.71. The van der Waals surface area contributed by atoms with E-state index in [9.17, 15) is 4.79 Å². The van der Waals surface area contributed by atoms with Gasteiger partial charge in [-0.25, -0.2) is 4.79 Å². The van der Waals surface area contributed by atoms with Gasteiger partial charge in [0, 0.05) is 12.5 Å². The van der Waals surface area contributed by atoms with Gasteiger partial charge in [-0.2, -0.15) is 0 Å². The summed E-state index contributed by atoms with van der Waals surface area (Å²) in [6, 6.07) is 0. The van der Waals surface area contributed by atoms with Crippen LogP contribution in [0.4, 0.5) is 0 Å². The van der Waals surface area contributed by atoms with Crippen LogP contribution in [0.5, 0.6) is 0 Å². The SMILES string of the molecule is C=CC(=O)OC(C)C1(CC)CCO1. The average molecular weight is 184 g/mol. The van der Waals surface area contributed by atoms with Crippen molar-refractivity contribution in [3.8, 4) is 0 Å². The van der Waals surface area contributed by atoms with Crippen LogP contribution in [0.3, 0.4) is 0 Å². The van der Waals surface area contributed by atoms with Crippen molar-refractivity contribution in [3.63, 3.8) is 0 Å². The summed E-state index contributed by atoms with van der Waals surface area (Å²) in [5.74, 6) is -0.379. The van der Waals surface area contributed by atoms with Crippen LogP contribution in [0.1, 0.15) is 26.7 Å². The maximum atomic E-state index is 10.9. The number of ether oxygens (including phenoxy) is 2. The van der Waals surface area contributed by atoms with Crippen LogP contribution in [-0.2, 0) is 14.3 Å². The molecule has 0 aliphatic carbocycles. The lowest BCUT2D eigenvalue weighted by Crippen LogP contribution is -2.53. The van der Waals surface area contributed by atoms with E-state index in [0.717, 1.165) is 19.4 Å². The van der Waals surface area contributed by atoms with Crippen LogP contribution in [0, 0.1) is 0 Å². The second-order valence-electron chi connectivity index (χ2n) is 3.30. The van der Waals surface area contributed by atoms with Crippen molar-refractivity contribution in [1.29, 1.82) is 0 Å². The molecule has 1 fully saturated rings. The smallest absolute Gasteiger partial charge is 0.330 e. The quantitative estimate of drug-likeness (QED) is 0.492. The van der Waals surface area contributed by atoms with Crippen LogP contribution < -0.4 is 0 Å². The molecule has 0 aromatic carbocycles. The van der Waals surface area contributed by atoms with E-state index >= 15 is 0 Å². The lowest BCUT2D eigenvalue weighted by Gasteiger charge is -2.44. The first-order valence-electron chi connectivity index (χ1n) is 4.61. The molecule has 0 N–H and O–H groups in total. The zero-order valence-corrected chi connectivity index (χ0v) is 8.21. The van der Waals surface area contributed by atoms with Crippen LogP contribution in [-0.4, -0.2) is 24.3 Å². The van der Waals surface area contributed by atoms with E-state index in [4.69, 9.17) is 9.47 Å². The molecule has 0 aromatic heterocycles. The molecular weight excluding hydrogens is 168 g/mol. The Balaban J connectivity index is 2.49. The number of hydrogen-bond acceptors (Lipinski definition) is 3. The van der Waals surface area contributed by atoms with Gasteiger partial charge in [-0.1, -0.05) is 13.5 Å². The molecule has 0 radical (unpaired) electrons. The van der Waals surface area contributed by atoms with Gasteiger partial charge in [0.15, 0.2) is 0 Å². The Morgan fingerprint density at radius 1 is 1.85 bits per heavy atom. The molecule has 2 atom stereocenters. The molecule has 1 aliphatic rings. The number of carbonyl (C=O) groups is 1. The number of esters is 1. The van der Waals surface area contributed by atoms with Crippen LogP contribution in [0.25, 0.3) is 0 Å². The highest BCUT2D eigenvalue weighted by atomic mass is 16.6. The fourth-order valence-electron chi connectivity index (χ4n) is 1.58. The molecule has 13 heavy (non-hydrogen) atoms. The lowest BCUT2D eigenvalue weighted by atomic mass is 9.86. The molecule has 1 heterocycles. The van der Waals surface area contributed by atoms with E-state index in [0.29, 0.717) is 0 Å². The predicted octanol–water partition coefficient (Wildman–Crippen LogP) is 1.67. The van der Waals surface area contributed by atoms with Crippen molar-refractivity contribution in [1.82, 2.24) is 0 Å².